The molecule has 2 heterocycles. The molecule has 1 amide bonds. The molecule has 0 aliphatic carbocycles. The predicted octanol–water partition coefficient (Wildman–Crippen LogP) is 2.20. The van der Waals surface area contributed by atoms with E-state index in [9.17, 15) is 4.79 Å². The van der Waals surface area contributed by atoms with Gasteiger partial charge in [-0.25, -0.2) is 0 Å². The van der Waals surface area contributed by atoms with Crippen molar-refractivity contribution in [2.75, 3.05) is 0 Å². The number of nitrogens with zero attached hydrogens (tertiary/aromatic N) is 2. The van der Waals surface area contributed by atoms with Gasteiger partial charge in [0.2, 0.25) is 0 Å². The lowest BCUT2D eigenvalue weighted by atomic mass is 10.2. The van der Waals surface area contributed by atoms with E-state index in [0.29, 0.717) is 17.9 Å². The maximum absolute atomic E-state index is 12.0. The van der Waals surface area contributed by atoms with Crippen LogP contribution in [0.4, 0.5) is 0 Å². The van der Waals surface area contributed by atoms with Gasteiger partial charge in [-0.1, -0.05) is 18.5 Å². The summed E-state index contributed by atoms with van der Waals surface area (Å²) < 4.78 is 7.09. The van der Waals surface area contributed by atoms with Gasteiger partial charge in [-0.15, -0.1) is 0 Å². The molecule has 5 nitrogen and oxygen atoms in total. The third-order valence-corrected chi connectivity index (χ3v) is 3.17. The summed E-state index contributed by atoms with van der Waals surface area (Å²) in [7, 11) is 1.92. The van der Waals surface area contributed by atoms with Crippen molar-refractivity contribution in [2.45, 2.75) is 33.2 Å². The molecule has 0 radical (unpaired) electrons. The summed E-state index contributed by atoms with van der Waals surface area (Å²) in [5.74, 6) is 0.594. The number of aromatic nitrogens is 2. The molecule has 0 aliphatic rings. The Balaban J connectivity index is 1.94. The summed E-state index contributed by atoms with van der Waals surface area (Å²) in [6.07, 6.45) is 3.80. The Morgan fingerprint density at radius 2 is 2.32 bits per heavy atom. The molecule has 1 N–H and O–H groups in total. The first kappa shape index (κ1) is 13.4. The van der Waals surface area contributed by atoms with Crippen molar-refractivity contribution >= 4 is 5.91 Å². The number of rotatable bonds is 5. The first-order chi connectivity index (χ1) is 9.11. The van der Waals surface area contributed by atoms with E-state index in [1.807, 2.05) is 36.9 Å². The Labute approximate surface area is 112 Å². The predicted molar refractivity (Wildman–Crippen MR) is 71.8 cm³/mol. The average molecular weight is 261 g/mol. The van der Waals surface area contributed by atoms with E-state index in [4.69, 9.17) is 4.52 Å². The minimum Gasteiger partial charge on any atom is -0.359 e. The molecule has 102 valence electrons. The van der Waals surface area contributed by atoms with Crippen molar-refractivity contribution in [3.63, 3.8) is 0 Å². The quantitative estimate of drug-likeness (QED) is 0.897. The molecule has 0 aromatic carbocycles. The fraction of sp³-hybridized carbons (Fsp3) is 0.429. The van der Waals surface area contributed by atoms with Crippen LogP contribution in [0.25, 0.3) is 0 Å². The van der Waals surface area contributed by atoms with Gasteiger partial charge in [0, 0.05) is 25.0 Å². The van der Waals surface area contributed by atoms with Gasteiger partial charge in [-0.05, 0) is 19.4 Å². The Kier molecular flexibility index (Phi) is 4.04. The van der Waals surface area contributed by atoms with Gasteiger partial charge in [0.25, 0.3) is 5.91 Å². The SMILES string of the molecule is CCCc1cc(CNC(=O)c2ccn(C)c2C)on1. The number of carbonyl (C=O) groups is 1. The molecule has 2 aromatic rings. The normalized spacial score (nSPS) is 10.7. The van der Waals surface area contributed by atoms with Gasteiger partial charge in [-0.2, -0.15) is 0 Å². The fourth-order valence-electron chi connectivity index (χ4n) is 1.92. The number of hydrogen-bond donors (Lipinski definition) is 1. The summed E-state index contributed by atoms with van der Waals surface area (Å²) in [6.45, 7) is 4.38. The van der Waals surface area contributed by atoms with Gasteiger partial charge in [0.15, 0.2) is 5.76 Å². The van der Waals surface area contributed by atoms with E-state index in [0.717, 1.165) is 24.2 Å². The third-order valence-electron chi connectivity index (χ3n) is 3.17. The summed E-state index contributed by atoms with van der Waals surface area (Å²) in [6, 6.07) is 3.70. The van der Waals surface area contributed by atoms with Gasteiger partial charge in [0.05, 0.1) is 17.8 Å². The van der Waals surface area contributed by atoms with E-state index in [-0.39, 0.29) is 5.91 Å². The highest BCUT2D eigenvalue weighted by Gasteiger charge is 2.12. The van der Waals surface area contributed by atoms with Crippen molar-refractivity contribution in [3.05, 3.63) is 41.0 Å². The topological polar surface area (TPSA) is 60.1 Å². The fourth-order valence-corrected chi connectivity index (χ4v) is 1.92. The maximum Gasteiger partial charge on any atom is 0.253 e. The molecule has 2 rings (SSSR count). The van der Waals surface area contributed by atoms with Crippen molar-refractivity contribution in [1.29, 1.82) is 0 Å². The zero-order valence-electron chi connectivity index (χ0n) is 11.6. The molecule has 2 aromatic heterocycles. The molecule has 0 fully saturated rings. The summed E-state index contributed by atoms with van der Waals surface area (Å²) in [5.41, 5.74) is 2.57. The minimum absolute atomic E-state index is 0.0912. The van der Waals surface area contributed by atoms with Crippen LogP contribution in [0.5, 0.6) is 0 Å². The second-order valence-electron chi connectivity index (χ2n) is 4.64. The zero-order chi connectivity index (χ0) is 13.8. The van der Waals surface area contributed by atoms with Crippen LogP contribution in [-0.4, -0.2) is 15.6 Å². The highest BCUT2D eigenvalue weighted by atomic mass is 16.5. The summed E-state index contributed by atoms with van der Waals surface area (Å²) in [5, 5.41) is 6.79. The third kappa shape index (κ3) is 3.05. The minimum atomic E-state index is -0.0912. The Morgan fingerprint density at radius 1 is 1.53 bits per heavy atom. The molecule has 0 bridgehead atoms. The molecule has 19 heavy (non-hydrogen) atoms. The number of aryl methyl sites for hydroxylation is 2. The Bertz CT molecular complexity index is 569. The highest BCUT2D eigenvalue weighted by Crippen LogP contribution is 2.09. The molecule has 0 unspecified atom stereocenters. The van der Waals surface area contributed by atoms with Gasteiger partial charge in [0.1, 0.15) is 0 Å². The average Bonchev–Trinajstić information content (AvgIpc) is 2.96. The zero-order valence-corrected chi connectivity index (χ0v) is 11.6. The molecule has 0 saturated heterocycles. The van der Waals surface area contributed by atoms with Gasteiger partial charge in [-0.3, -0.25) is 4.79 Å². The van der Waals surface area contributed by atoms with Crippen LogP contribution < -0.4 is 5.32 Å². The standard InChI is InChI=1S/C14H19N3O2/c1-4-5-11-8-12(19-16-11)9-15-14(18)13-6-7-17(3)10(13)2/h6-8H,4-5,9H2,1-3H3,(H,15,18). The largest absolute Gasteiger partial charge is 0.359 e. The van der Waals surface area contributed by atoms with E-state index >= 15 is 0 Å². The van der Waals surface area contributed by atoms with Crippen LogP contribution in [0.3, 0.4) is 0 Å². The van der Waals surface area contributed by atoms with Crippen LogP contribution in [-0.2, 0) is 20.0 Å². The molecule has 0 aliphatic heterocycles. The van der Waals surface area contributed by atoms with Gasteiger partial charge >= 0.3 is 0 Å². The number of carbonyl (C=O) groups excluding carboxylic acids is 1. The van der Waals surface area contributed by atoms with Crippen LogP contribution in [0.2, 0.25) is 0 Å². The Hall–Kier alpha value is -2.04. The monoisotopic (exact) mass is 261 g/mol. The van der Waals surface area contributed by atoms with Crippen molar-refractivity contribution in [3.8, 4) is 0 Å². The summed E-state index contributed by atoms with van der Waals surface area (Å²) in [4.78, 5) is 12.0. The van der Waals surface area contributed by atoms with E-state index < -0.39 is 0 Å². The lowest BCUT2D eigenvalue weighted by Gasteiger charge is -2.03. The number of amides is 1. The second-order valence-corrected chi connectivity index (χ2v) is 4.64. The maximum atomic E-state index is 12.0. The van der Waals surface area contributed by atoms with E-state index in [1.165, 1.54) is 0 Å². The van der Waals surface area contributed by atoms with Gasteiger partial charge < -0.3 is 14.4 Å². The highest BCUT2D eigenvalue weighted by molar-refractivity contribution is 5.95. The van der Waals surface area contributed by atoms with E-state index in [2.05, 4.69) is 17.4 Å². The summed E-state index contributed by atoms with van der Waals surface area (Å²) >= 11 is 0. The first-order valence-electron chi connectivity index (χ1n) is 6.46. The smallest absolute Gasteiger partial charge is 0.253 e. The molecular weight excluding hydrogens is 242 g/mol. The second kappa shape index (κ2) is 5.73. The number of hydrogen-bond acceptors (Lipinski definition) is 3. The van der Waals surface area contributed by atoms with Crippen molar-refractivity contribution < 1.29 is 9.32 Å². The van der Waals surface area contributed by atoms with Crippen LogP contribution >= 0.6 is 0 Å². The molecule has 0 spiro atoms. The first-order valence-corrected chi connectivity index (χ1v) is 6.46. The molecular formula is C14H19N3O2. The molecule has 0 saturated carbocycles. The lowest BCUT2D eigenvalue weighted by molar-refractivity contribution is 0.0946. The molecule has 0 atom stereocenters. The van der Waals surface area contributed by atoms with Crippen LogP contribution in [0.1, 0.15) is 40.9 Å². The lowest BCUT2D eigenvalue weighted by Crippen LogP contribution is -2.23. The molecule has 5 heteroatoms. The van der Waals surface area contributed by atoms with E-state index in [1.54, 1.807) is 0 Å². The number of nitrogens with one attached hydrogen (secondary N) is 1. The Morgan fingerprint density at radius 3 is 2.95 bits per heavy atom. The van der Waals surface area contributed by atoms with Crippen LogP contribution in [0.15, 0.2) is 22.9 Å². The van der Waals surface area contributed by atoms with Crippen molar-refractivity contribution in [1.82, 2.24) is 15.0 Å². The van der Waals surface area contributed by atoms with Crippen molar-refractivity contribution in [2.24, 2.45) is 7.05 Å². The van der Waals surface area contributed by atoms with Crippen LogP contribution in [0, 0.1) is 6.92 Å².